The van der Waals surface area contributed by atoms with E-state index in [1.165, 1.54) is 5.56 Å². The first-order valence-electron chi connectivity index (χ1n) is 6.86. The van der Waals surface area contributed by atoms with Gasteiger partial charge in [-0.3, -0.25) is 0 Å². The molecular weight excluding hydrogens is 264 g/mol. The minimum atomic E-state index is -0.289. The van der Waals surface area contributed by atoms with Crippen LogP contribution >= 0.6 is 0 Å². The highest BCUT2D eigenvalue weighted by Crippen LogP contribution is 2.16. The summed E-state index contributed by atoms with van der Waals surface area (Å²) in [5.74, 6) is 0.744. The molecule has 110 valence electrons. The minimum Gasteiger partial charge on any atom is -0.473 e. The molecule has 2 rings (SSSR count). The van der Waals surface area contributed by atoms with Crippen molar-refractivity contribution in [2.75, 3.05) is 12.0 Å². The first kappa shape index (κ1) is 14.9. The monoisotopic (exact) mass is 284 g/mol. The van der Waals surface area contributed by atoms with Crippen LogP contribution in [0.25, 0.3) is 0 Å². The molecule has 0 fully saturated rings. The zero-order chi connectivity index (χ0) is 15.2. The minimum absolute atomic E-state index is 0.125. The fourth-order valence-corrected chi connectivity index (χ4v) is 1.80. The molecule has 0 aromatic heterocycles. The van der Waals surface area contributed by atoms with Crippen molar-refractivity contribution in [3.63, 3.8) is 0 Å². The summed E-state index contributed by atoms with van der Waals surface area (Å²) >= 11 is 0. The number of ether oxygens (including phenoxy) is 1. The molecular formula is C17H20N2O2. The Bertz CT molecular complexity index is 621. The van der Waals surface area contributed by atoms with Crippen molar-refractivity contribution in [3.05, 3.63) is 59.2 Å². The standard InChI is InChI=1S/C17H20N2O2/c1-12-4-7-15(8-5-12)19-17(20)18-11-21-16-9-6-13(2)14(3)10-16/h4-10H,11H2,1-3H3,(H2,18,19,20). The number of rotatable bonds is 4. The number of anilines is 1. The van der Waals surface area contributed by atoms with Gasteiger partial charge >= 0.3 is 6.03 Å². The van der Waals surface area contributed by atoms with E-state index in [2.05, 4.69) is 10.6 Å². The molecule has 0 aliphatic carbocycles. The highest BCUT2D eigenvalue weighted by Gasteiger charge is 2.02. The highest BCUT2D eigenvalue weighted by atomic mass is 16.5. The van der Waals surface area contributed by atoms with Crippen LogP contribution in [0.5, 0.6) is 5.75 Å². The largest absolute Gasteiger partial charge is 0.473 e. The maximum atomic E-state index is 11.7. The quantitative estimate of drug-likeness (QED) is 0.840. The highest BCUT2D eigenvalue weighted by molar-refractivity contribution is 5.89. The number of benzene rings is 2. The third-order valence-corrected chi connectivity index (χ3v) is 3.26. The summed E-state index contributed by atoms with van der Waals surface area (Å²) in [7, 11) is 0. The Morgan fingerprint density at radius 2 is 1.71 bits per heavy atom. The van der Waals surface area contributed by atoms with Crippen LogP contribution in [0.3, 0.4) is 0 Å². The van der Waals surface area contributed by atoms with Crippen LogP contribution in [0.15, 0.2) is 42.5 Å². The average molecular weight is 284 g/mol. The molecule has 0 unspecified atom stereocenters. The topological polar surface area (TPSA) is 50.4 Å². The van der Waals surface area contributed by atoms with Gasteiger partial charge in [0.15, 0.2) is 6.73 Å². The van der Waals surface area contributed by atoms with Gasteiger partial charge in [-0.25, -0.2) is 4.79 Å². The first-order chi connectivity index (χ1) is 10.0. The molecule has 2 N–H and O–H groups in total. The van der Waals surface area contributed by atoms with E-state index >= 15 is 0 Å². The van der Waals surface area contributed by atoms with Gasteiger partial charge in [-0.15, -0.1) is 0 Å². The summed E-state index contributed by atoms with van der Waals surface area (Å²) in [6.07, 6.45) is 0. The summed E-state index contributed by atoms with van der Waals surface area (Å²) < 4.78 is 5.50. The molecule has 2 aromatic rings. The molecule has 0 radical (unpaired) electrons. The number of carbonyl (C=O) groups excluding carboxylic acids is 1. The Kier molecular flexibility index (Phi) is 4.82. The van der Waals surface area contributed by atoms with E-state index in [-0.39, 0.29) is 12.8 Å². The van der Waals surface area contributed by atoms with Gasteiger partial charge in [-0.1, -0.05) is 23.8 Å². The molecule has 0 spiro atoms. The van der Waals surface area contributed by atoms with E-state index < -0.39 is 0 Å². The second kappa shape index (κ2) is 6.79. The molecule has 4 nitrogen and oxygen atoms in total. The molecule has 0 heterocycles. The number of urea groups is 1. The molecule has 2 amide bonds. The van der Waals surface area contributed by atoms with Gasteiger partial charge in [0, 0.05) is 5.69 Å². The summed E-state index contributed by atoms with van der Waals surface area (Å²) in [5, 5.41) is 5.40. The molecule has 2 aromatic carbocycles. The van der Waals surface area contributed by atoms with Gasteiger partial charge < -0.3 is 15.4 Å². The van der Waals surface area contributed by atoms with E-state index in [1.54, 1.807) is 0 Å². The van der Waals surface area contributed by atoms with E-state index in [1.807, 2.05) is 63.2 Å². The van der Waals surface area contributed by atoms with E-state index in [9.17, 15) is 4.79 Å². The van der Waals surface area contributed by atoms with Crippen LogP contribution < -0.4 is 15.4 Å². The number of amides is 2. The molecule has 0 aliphatic rings. The third-order valence-electron chi connectivity index (χ3n) is 3.26. The number of hydrogen-bond acceptors (Lipinski definition) is 2. The van der Waals surface area contributed by atoms with E-state index in [0.717, 1.165) is 22.6 Å². The Hall–Kier alpha value is -2.49. The molecule has 0 saturated heterocycles. The Labute approximate surface area is 125 Å². The fraction of sp³-hybridized carbons (Fsp3) is 0.235. The Morgan fingerprint density at radius 1 is 1.00 bits per heavy atom. The van der Waals surface area contributed by atoms with Gasteiger partial charge in [-0.2, -0.15) is 0 Å². The third kappa shape index (κ3) is 4.53. The second-order valence-electron chi connectivity index (χ2n) is 5.03. The lowest BCUT2D eigenvalue weighted by atomic mass is 10.1. The maximum absolute atomic E-state index is 11.7. The van der Waals surface area contributed by atoms with Gasteiger partial charge in [0.1, 0.15) is 5.75 Å². The molecule has 4 heteroatoms. The van der Waals surface area contributed by atoms with Crippen LogP contribution in [0.2, 0.25) is 0 Å². The van der Waals surface area contributed by atoms with Crippen molar-refractivity contribution in [1.82, 2.24) is 5.32 Å². The predicted octanol–water partition coefficient (Wildman–Crippen LogP) is 3.77. The van der Waals surface area contributed by atoms with Gasteiger partial charge in [-0.05, 0) is 56.2 Å². The smallest absolute Gasteiger partial charge is 0.321 e. The van der Waals surface area contributed by atoms with Crippen molar-refractivity contribution < 1.29 is 9.53 Å². The van der Waals surface area contributed by atoms with Crippen LogP contribution in [-0.2, 0) is 0 Å². The lowest BCUT2D eigenvalue weighted by Crippen LogP contribution is -2.32. The van der Waals surface area contributed by atoms with Crippen molar-refractivity contribution in [2.45, 2.75) is 20.8 Å². The van der Waals surface area contributed by atoms with Gasteiger partial charge in [0.2, 0.25) is 0 Å². The first-order valence-corrected chi connectivity index (χ1v) is 6.86. The van der Waals surface area contributed by atoms with E-state index in [0.29, 0.717) is 0 Å². The second-order valence-corrected chi connectivity index (χ2v) is 5.03. The van der Waals surface area contributed by atoms with Crippen LogP contribution in [0.4, 0.5) is 10.5 Å². The zero-order valence-corrected chi connectivity index (χ0v) is 12.6. The lowest BCUT2D eigenvalue weighted by Gasteiger charge is -2.10. The van der Waals surface area contributed by atoms with Gasteiger partial charge in [0.25, 0.3) is 0 Å². The number of nitrogens with one attached hydrogen (secondary N) is 2. The van der Waals surface area contributed by atoms with E-state index in [4.69, 9.17) is 4.74 Å². The van der Waals surface area contributed by atoms with Crippen molar-refractivity contribution in [1.29, 1.82) is 0 Å². The number of aryl methyl sites for hydroxylation is 3. The molecule has 0 bridgehead atoms. The van der Waals surface area contributed by atoms with Crippen LogP contribution in [-0.4, -0.2) is 12.8 Å². The molecule has 0 saturated carbocycles. The summed E-state index contributed by atoms with van der Waals surface area (Å²) in [4.78, 5) is 11.7. The Morgan fingerprint density at radius 3 is 2.38 bits per heavy atom. The van der Waals surface area contributed by atoms with Crippen molar-refractivity contribution in [3.8, 4) is 5.75 Å². The number of carbonyl (C=O) groups is 1. The summed E-state index contributed by atoms with van der Waals surface area (Å²) in [6.45, 7) is 6.20. The van der Waals surface area contributed by atoms with Crippen molar-refractivity contribution in [2.24, 2.45) is 0 Å². The average Bonchev–Trinajstić information content (AvgIpc) is 2.45. The van der Waals surface area contributed by atoms with Crippen molar-refractivity contribution >= 4 is 11.7 Å². The molecule has 0 atom stereocenters. The SMILES string of the molecule is Cc1ccc(NC(=O)NCOc2ccc(C)c(C)c2)cc1. The predicted molar refractivity (Wildman–Crippen MR) is 84.7 cm³/mol. The maximum Gasteiger partial charge on any atom is 0.321 e. The number of hydrogen-bond donors (Lipinski definition) is 2. The zero-order valence-electron chi connectivity index (χ0n) is 12.6. The molecule has 21 heavy (non-hydrogen) atoms. The Balaban J connectivity index is 1.78. The van der Waals surface area contributed by atoms with Crippen LogP contribution in [0, 0.1) is 20.8 Å². The summed E-state index contributed by atoms with van der Waals surface area (Å²) in [6, 6.07) is 13.2. The van der Waals surface area contributed by atoms with Crippen LogP contribution in [0.1, 0.15) is 16.7 Å². The normalized spacial score (nSPS) is 10.0. The van der Waals surface area contributed by atoms with Gasteiger partial charge in [0.05, 0.1) is 0 Å². The molecule has 0 aliphatic heterocycles. The summed E-state index contributed by atoms with van der Waals surface area (Å²) in [5.41, 5.74) is 4.28. The lowest BCUT2D eigenvalue weighted by molar-refractivity contribution is 0.234. The fourth-order valence-electron chi connectivity index (χ4n) is 1.80.